The van der Waals surface area contributed by atoms with Gasteiger partial charge in [0.15, 0.2) is 0 Å². The molecule has 282 valence electrons. The molecule has 0 amide bonds. The molecule has 0 spiro atoms. The summed E-state index contributed by atoms with van der Waals surface area (Å²) in [5.41, 5.74) is 17.1. The van der Waals surface area contributed by atoms with Crippen LogP contribution in [0.25, 0.3) is 92.4 Å². The number of rotatable bonds is 7. The van der Waals surface area contributed by atoms with E-state index >= 15 is 0 Å². The second kappa shape index (κ2) is 14.0. The SMILES string of the molecule is c1ccc(-c2ccccc2-c2ccc(N(c3ccc(-c4ccc5c(c4)sc4c(-c6ccccc6)c6ccccc6n45)cc3)c3ccc4c(c3)oc3ccccc34)cc2)cc1. The topological polar surface area (TPSA) is 20.8 Å². The molecule has 0 bridgehead atoms. The Kier molecular flexibility index (Phi) is 8.03. The van der Waals surface area contributed by atoms with Gasteiger partial charge in [0, 0.05) is 44.9 Å². The first-order chi connectivity index (χ1) is 29.7. The fraction of sp³-hybridized carbons (Fsp3) is 0. The third kappa shape index (κ3) is 5.65. The molecular weight excluding hydrogens is 749 g/mol. The standard InChI is InChI=1S/C56H36N2OS/c1-3-13-38(14-4-1)45-17-7-8-18-46(45)39-25-30-43(31-26-39)57(44-32-33-48-47-19-10-12-22-52(47)59-53(48)36-44)42-28-23-37(24-29-42)41-27-34-51-54(35-41)60-56-55(40-15-5-2-6-16-40)49-20-9-11-21-50(49)58(51)56/h1-36H. The van der Waals surface area contributed by atoms with Gasteiger partial charge in [0.2, 0.25) is 0 Å². The molecule has 0 unspecified atom stereocenters. The van der Waals surface area contributed by atoms with Gasteiger partial charge in [-0.1, -0.05) is 152 Å². The van der Waals surface area contributed by atoms with Crippen LogP contribution >= 0.6 is 11.3 Å². The molecule has 12 aromatic rings. The predicted molar refractivity (Wildman–Crippen MR) is 254 cm³/mol. The lowest BCUT2D eigenvalue weighted by atomic mass is 9.94. The summed E-state index contributed by atoms with van der Waals surface area (Å²) in [7, 11) is 0. The van der Waals surface area contributed by atoms with Crippen molar-refractivity contribution in [3.05, 3.63) is 218 Å². The third-order valence-corrected chi connectivity index (χ3v) is 13.0. The van der Waals surface area contributed by atoms with Crippen LogP contribution in [-0.2, 0) is 0 Å². The fourth-order valence-corrected chi connectivity index (χ4v) is 10.3. The molecule has 0 saturated carbocycles. The zero-order valence-electron chi connectivity index (χ0n) is 32.5. The maximum Gasteiger partial charge on any atom is 0.137 e. The molecule has 0 radical (unpaired) electrons. The van der Waals surface area contributed by atoms with Crippen LogP contribution in [0, 0.1) is 0 Å². The summed E-state index contributed by atoms with van der Waals surface area (Å²) in [5.74, 6) is 0. The monoisotopic (exact) mass is 784 g/mol. The smallest absolute Gasteiger partial charge is 0.137 e. The molecular formula is C56H36N2OS. The van der Waals surface area contributed by atoms with Gasteiger partial charge in [0.25, 0.3) is 0 Å². The van der Waals surface area contributed by atoms with E-state index in [0.29, 0.717) is 0 Å². The van der Waals surface area contributed by atoms with Crippen LogP contribution in [0.4, 0.5) is 17.1 Å². The minimum absolute atomic E-state index is 0.869. The van der Waals surface area contributed by atoms with Crippen molar-refractivity contribution in [1.29, 1.82) is 0 Å². The first-order valence-corrected chi connectivity index (χ1v) is 21.1. The molecule has 3 aromatic heterocycles. The lowest BCUT2D eigenvalue weighted by Crippen LogP contribution is -2.09. The molecule has 3 nitrogen and oxygen atoms in total. The van der Waals surface area contributed by atoms with E-state index in [1.807, 2.05) is 23.5 Å². The number of fused-ring (bicyclic) bond motifs is 8. The van der Waals surface area contributed by atoms with Gasteiger partial charge in [-0.3, -0.25) is 4.40 Å². The van der Waals surface area contributed by atoms with Gasteiger partial charge < -0.3 is 9.32 Å². The van der Waals surface area contributed by atoms with Gasteiger partial charge in [0.1, 0.15) is 16.0 Å². The normalized spacial score (nSPS) is 11.7. The highest BCUT2D eigenvalue weighted by molar-refractivity contribution is 7.24. The van der Waals surface area contributed by atoms with Crippen molar-refractivity contribution < 1.29 is 4.42 Å². The number of hydrogen-bond acceptors (Lipinski definition) is 3. The maximum atomic E-state index is 6.40. The van der Waals surface area contributed by atoms with Gasteiger partial charge in [-0.25, -0.2) is 0 Å². The predicted octanol–water partition coefficient (Wildman–Crippen LogP) is 16.3. The first-order valence-electron chi connectivity index (χ1n) is 20.3. The van der Waals surface area contributed by atoms with E-state index in [9.17, 15) is 0 Å². The van der Waals surface area contributed by atoms with Crippen LogP contribution in [0.2, 0.25) is 0 Å². The summed E-state index contributed by atoms with van der Waals surface area (Å²) in [6.07, 6.45) is 0. The molecule has 0 aliphatic rings. The summed E-state index contributed by atoms with van der Waals surface area (Å²) in [6.45, 7) is 0. The second-order valence-electron chi connectivity index (χ2n) is 15.3. The van der Waals surface area contributed by atoms with E-state index in [4.69, 9.17) is 4.42 Å². The van der Waals surface area contributed by atoms with E-state index < -0.39 is 0 Å². The van der Waals surface area contributed by atoms with Gasteiger partial charge in [0.05, 0.1) is 15.7 Å². The number of furan rings is 1. The van der Waals surface area contributed by atoms with Gasteiger partial charge in [-0.15, -0.1) is 11.3 Å². The molecule has 0 aliphatic carbocycles. The second-order valence-corrected chi connectivity index (χ2v) is 16.3. The van der Waals surface area contributed by atoms with Crippen LogP contribution in [0.5, 0.6) is 0 Å². The van der Waals surface area contributed by atoms with Crippen molar-refractivity contribution in [3.8, 4) is 44.5 Å². The summed E-state index contributed by atoms with van der Waals surface area (Å²) >= 11 is 1.87. The summed E-state index contributed by atoms with van der Waals surface area (Å²) in [5, 5.41) is 3.52. The molecule has 4 heteroatoms. The molecule has 60 heavy (non-hydrogen) atoms. The average molecular weight is 785 g/mol. The number of thiazole rings is 1. The number of para-hydroxylation sites is 2. The highest BCUT2D eigenvalue weighted by Crippen LogP contribution is 2.44. The minimum atomic E-state index is 0.869. The molecule has 9 aromatic carbocycles. The largest absolute Gasteiger partial charge is 0.456 e. The van der Waals surface area contributed by atoms with E-state index in [1.165, 1.54) is 70.5 Å². The van der Waals surface area contributed by atoms with Crippen LogP contribution in [0.1, 0.15) is 0 Å². The maximum absolute atomic E-state index is 6.40. The highest BCUT2D eigenvalue weighted by Gasteiger charge is 2.20. The fourth-order valence-electron chi connectivity index (χ4n) is 9.00. The Morgan fingerprint density at radius 3 is 1.65 bits per heavy atom. The number of nitrogens with zero attached hydrogens (tertiary/aromatic N) is 2. The molecule has 12 rings (SSSR count). The quantitative estimate of drug-likeness (QED) is 0.160. The summed E-state index contributed by atoms with van der Waals surface area (Å²) in [4.78, 5) is 3.60. The average Bonchev–Trinajstić information content (AvgIpc) is 3.98. The number of aromatic nitrogens is 1. The Morgan fingerprint density at radius 1 is 0.367 bits per heavy atom. The van der Waals surface area contributed by atoms with E-state index in [2.05, 4.69) is 216 Å². The molecule has 0 atom stereocenters. The van der Waals surface area contributed by atoms with Gasteiger partial charge >= 0.3 is 0 Å². The Morgan fingerprint density at radius 2 is 0.917 bits per heavy atom. The Hall–Kier alpha value is -7.66. The summed E-state index contributed by atoms with van der Waals surface area (Å²) < 4.78 is 10.1. The van der Waals surface area contributed by atoms with Crippen LogP contribution in [0.15, 0.2) is 223 Å². The van der Waals surface area contributed by atoms with Crippen molar-refractivity contribution in [2.45, 2.75) is 0 Å². The molecule has 0 saturated heterocycles. The lowest BCUT2D eigenvalue weighted by molar-refractivity contribution is 0.669. The summed E-state index contributed by atoms with van der Waals surface area (Å²) in [6, 6.07) is 78.4. The van der Waals surface area contributed by atoms with Crippen LogP contribution in [-0.4, -0.2) is 4.40 Å². The Labute approximate surface area is 351 Å². The van der Waals surface area contributed by atoms with Crippen LogP contribution in [0.3, 0.4) is 0 Å². The number of anilines is 3. The molecule has 3 heterocycles. The van der Waals surface area contributed by atoms with Crippen molar-refractivity contribution in [1.82, 2.24) is 4.40 Å². The van der Waals surface area contributed by atoms with Crippen LogP contribution < -0.4 is 4.90 Å². The molecule has 0 N–H and O–H groups in total. The Balaban J connectivity index is 0.945. The minimum Gasteiger partial charge on any atom is -0.456 e. The molecule has 0 fully saturated rings. The van der Waals surface area contributed by atoms with Crippen molar-refractivity contribution in [2.75, 3.05) is 4.90 Å². The van der Waals surface area contributed by atoms with E-state index in [0.717, 1.165) is 39.0 Å². The number of hydrogen-bond donors (Lipinski definition) is 0. The van der Waals surface area contributed by atoms with E-state index in [-0.39, 0.29) is 0 Å². The first kappa shape index (κ1) is 34.4. The Bertz CT molecular complexity index is 3520. The zero-order valence-corrected chi connectivity index (χ0v) is 33.3. The lowest BCUT2D eigenvalue weighted by Gasteiger charge is -2.26. The van der Waals surface area contributed by atoms with Gasteiger partial charge in [-0.05, 0) is 99.6 Å². The molecule has 0 aliphatic heterocycles. The van der Waals surface area contributed by atoms with Crippen molar-refractivity contribution >= 4 is 76.3 Å². The third-order valence-electron chi connectivity index (χ3n) is 11.8. The number of benzene rings is 9. The van der Waals surface area contributed by atoms with Crippen molar-refractivity contribution in [3.63, 3.8) is 0 Å². The van der Waals surface area contributed by atoms with Crippen molar-refractivity contribution in [2.24, 2.45) is 0 Å². The zero-order chi connectivity index (χ0) is 39.6. The van der Waals surface area contributed by atoms with Gasteiger partial charge in [-0.2, -0.15) is 0 Å². The van der Waals surface area contributed by atoms with E-state index in [1.54, 1.807) is 0 Å². The highest BCUT2D eigenvalue weighted by atomic mass is 32.1.